The fourth-order valence-corrected chi connectivity index (χ4v) is 3.77. The largest absolute Gasteiger partial charge is 0.492 e. The molecule has 0 spiro atoms. The molecule has 2 unspecified atom stereocenters. The molecular weight excluding hydrogens is 266 g/mol. The number of amides is 1. The molecule has 2 atom stereocenters. The molecule has 1 aromatic rings. The molecule has 2 fully saturated rings. The molecule has 2 bridgehead atoms. The van der Waals surface area contributed by atoms with Crippen LogP contribution in [0.4, 0.5) is 0 Å². The normalized spacial score (nSPS) is 30.8. The van der Waals surface area contributed by atoms with Gasteiger partial charge in [0.1, 0.15) is 5.75 Å². The van der Waals surface area contributed by atoms with Crippen molar-refractivity contribution >= 4 is 6.41 Å². The third-order valence-corrected chi connectivity index (χ3v) is 4.76. The van der Waals surface area contributed by atoms with E-state index in [-0.39, 0.29) is 12.1 Å². The zero-order valence-electron chi connectivity index (χ0n) is 12.2. The maximum atomic E-state index is 11.2. The Labute approximate surface area is 124 Å². The van der Waals surface area contributed by atoms with Crippen molar-refractivity contribution in [3.05, 3.63) is 24.0 Å². The molecule has 21 heavy (non-hydrogen) atoms. The summed E-state index contributed by atoms with van der Waals surface area (Å²) in [6, 6.07) is 4.79. The summed E-state index contributed by atoms with van der Waals surface area (Å²) in [6.45, 7) is 2.50. The zero-order valence-corrected chi connectivity index (χ0v) is 12.2. The highest BCUT2D eigenvalue weighted by atomic mass is 16.5. The van der Waals surface area contributed by atoms with Crippen molar-refractivity contribution in [1.82, 2.24) is 9.88 Å². The summed E-state index contributed by atoms with van der Waals surface area (Å²) >= 11 is 0. The number of nitrogens with zero attached hydrogens (tertiary/aromatic N) is 3. The maximum absolute atomic E-state index is 11.2. The average Bonchev–Trinajstić information content (AvgIpc) is 2.77. The van der Waals surface area contributed by atoms with Gasteiger partial charge in [0.05, 0.1) is 24.3 Å². The van der Waals surface area contributed by atoms with Gasteiger partial charge in [-0.1, -0.05) is 0 Å². The Balaban J connectivity index is 1.94. The van der Waals surface area contributed by atoms with E-state index >= 15 is 0 Å². The van der Waals surface area contributed by atoms with Crippen LogP contribution in [0.15, 0.2) is 18.5 Å². The Hall–Kier alpha value is -2.09. The summed E-state index contributed by atoms with van der Waals surface area (Å²) in [5, 5.41) is 9.81. The number of ether oxygens (including phenoxy) is 1. The van der Waals surface area contributed by atoms with Crippen molar-refractivity contribution in [2.45, 2.75) is 50.1 Å². The third kappa shape index (κ3) is 2.25. The van der Waals surface area contributed by atoms with Gasteiger partial charge in [0, 0.05) is 18.3 Å². The van der Waals surface area contributed by atoms with E-state index in [1.54, 1.807) is 12.4 Å². The summed E-state index contributed by atoms with van der Waals surface area (Å²) in [7, 11) is 0. The lowest BCUT2D eigenvalue weighted by Crippen LogP contribution is -2.48. The molecule has 1 amide bonds. The monoisotopic (exact) mass is 285 g/mol. The van der Waals surface area contributed by atoms with Crippen LogP contribution in [0.2, 0.25) is 0 Å². The molecule has 3 rings (SSSR count). The van der Waals surface area contributed by atoms with Crippen LogP contribution in [0.5, 0.6) is 5.75 Å². The van der Waals surface area contributed by atoms with Crippen molar-refractivity contribution < 1.29 is 9.53 Å². The SMILES string of the molecule is CCOc1cncc(C2(C#N)CC3CCC(C2)N3C=O)c1. The van der Waals surface area contributed by atoms with Crippen molar-refractivity contribution in [3.63, 3.8) is 0 Å². The smallest absolute Gasteiger partial charge is 0.210 e. The molecule has 110 valence electrons. The molecule has 5 nitrogen and oxygen atoms in total. The van der Waals surface area contributed by atoms with Crippen LogP contribution in [0.1, 0.15) is 38.2 Å². The van der Waals surface area contributed by atoms with Crippen LogP contribution in [0.3, 0.4) is 0 Å². The number of carbonyl (C=O) groups is 1. The summed E-state index contributed by atoms with van der Waals surface area (Å²) in [4.78, 5) is 17.3. The topological polar surface area (TPSA) is 66.2 Å². The van der Waals surface area contributed by atoms with Crippen LogP contribution in [0, 0.1) is 11.3 Å². The first-order chi connectivity index (χ1) is 10.2. The lowest BCUT2D eigenvalue weighted by Gasteiger charge is -2.41. The summed E-state index contributed by atoms with van der Waals surface area (Å²) in [5.74, 6) is 0.704. The number of nitriles is 1. The van der Waals surface area contributed by atoms with Gasteiger partial charge in [-0.3, -0.25) is 9.78 Å². The Morgan fingerprint density at radius 3 is 2.76 bits per heavy atom. The molecule has 2 aliphatic heterocycles. The lowest BCUT2D eigenvalue weighted by molar-refractivity contribution is -0.122. The Kier molecular flexibility index (Phi) is 3.54. The zero-order chi connectivity index (χ0) is 14.9. The van der Waals surface area contributed by atoms with Crippen LogP contribution in [0.25, 0.3) is 0 Å². The summed E-state index contributed by atoms with van der Waals surface area (Å²) in [6.07, 6.45) is 7.75. The Bertz CT molecular complexity index is 567. The van der Waals surface area contributed by atoms with E-state index in [1.165, 1.54) is 0 Å². The van der Waals surface area contributed by atoms with Gasteiger partial charge in [0.15, 0.2) is 0 Å². The molecule has 2 aliphatic rings. The van der Waals surface area contributed by atoms with Gasteiger partial charge in [-0.2, -0.15) is 5.26 Å². The van der Waals surface area contributed by atoms with Gasteiger partial charge < -0.3 is 9.64 Å². The lowest BCUT2D eigenvalue weighted by atomic mass is 9.71. The average molecular weight is 285 g/mol. The third-order valence-electron chi connectivity index (χ3n) is 4.76. The van der Waals surface area contributed by atoms with E-state index in [2.05, 4.69) is 11.1 Å². The van der Waals surface area contributed by atoms with Crippen molar-refractivity contribution in [2.75, 3.05) is 6.61 Å². The Morgan fingerprint density at radius 1 is 1.48 bits per heavy atom. The second-order valence-corrected chi connectivity index (χ2v) is 5.88. The van der Waals surface area contributed by atoms with E-state index in [0.717, 1.165) is 24.8 Å². The molecular formula is C16H19N3O2. The van der Waals surface area contributed by atoms with E-state index in [9.17, 15) is 10.1 Å². The standard InChI is InChI=1S/C16H19N3O2/c1-2-21-15-5-12(8-18-9-15)16(10-17)6-13-3-4-14(7-16)19(13)11-20/h5,8-9,11,13-14H,2-4,6-7H2,1H3. The van der Waals surface area contributed by atoms with Crippen LogP contribution >= 0.6 is 0 Å². The predicted molar refractivity (Wildman–Crippen MR) is 76.6 cm³/mol. The molecule has 3 heterocycles. The second-order valence-electron chi connectivity index (χ2n) is 5.88. The minimum absolute atomic E-state index is 0.177. The van der Waals surface area contributed by atoms with Gasteiger partial charge in [0.2, 0.25) is 6.41 Å². The van der Waals surface area contributed by atoms with E-state index < -0.39 is 5.41 Å². The number of piperidine rings is 1. The Morgan fingerprint density at radius 2 is 2.19 bits per heavy atom. The first kappa shape index (κ1) is 13.9. The van der Waals surface area contributed by atoms with E-state index in [1.807, 2.05) is 17.9 Å². The number of pyridine rings is 1. The number of hydrogen-bond acceptors (Lipinski definition) is 4. The van der Waals surface area contributed by atoms with Gasteiger partial charge in [-0.15, -0.1) is 0 Å². The minimum Gasteiger partial charge on any atom is -0.492 e. The summed E-state index contributed by atoms with van der Waals surface area (Å²) < 4.78 is 5.50. The molecule has 2 saturated heterocycles. The highest BCUT2D eigenvalue weighted by Gasteiger charge is 2.49. The number of hydrogen-bond donors (Lipinski definition) is 0. The number of carbonyl (C=O) groups excluding carboxylic acids is 1. The highest BCUT2D eigenvalue weighted by molar-refractivity contribution is 5.51. The molecule has 5 heteroatoms. The summed E-state index contributed by atoms with van der Waals surface area (Å²) in [5.41, 5.74) is 0.365. The maximum Gasteiger partial charge on any atom is 0.210 e. The molecule has 1 aromatic heterocycles. The van der Waals surface area contributed by atoms with Gasteiger partial charge >= 0.3 is 0 Å². The van der Waals surface area contributed by atoms with Gasteiger partial charge in [-0.25, -0.2) is 0 Å². The first-order valence-corrected chi connectivity index (χ1v) is 7.45. The molecule has 0 aliphatic carbocycles. The predicted octanol–water partition coefficient (Wildman–Crippen LogP) is 2.02. The second kappa shape index (κ2) is 5.36. The van der Waals surface area contributed by atoms with Crippen LogP contribution in [-0.2, 0) is 10.2 Å². The van der Waals surface area contributed by atoms with Gasteiger partial charge in [-0.05, 0) is 44.2 Å². The van der Waals surface area contributed by atoms with Gasteiger partial charge in [0.25, 0.3) is 0 Å². The number of fused-ring (bicyclic) bond motifs is 2. The minimum atomic E-state index is -0.550. The van der Waals surface area contributed by atoms with Crippen molar-refractivity contribution in [3.8, 4) is 11.8 Å². The van der Waals surface area contributed by atoms with Crippen molar-refractivity contribution in [2.24, 2.45) is 0 Å². The van der Waals surface area contributed by atoms with Crippen LogP contribution < -0.4 is 4.74 Å². The molecule has 0 saturated carbocycles. The fraction of sp³-hybridized carbons (Fsp3) is 0.562. The van der Waals surface area contributed by atoms with Crippen LogP contribution in [-0.4, -0.2) is 35.0 Å². The molecule has 0 N–H and O–H groups in total. The first-order valence-electron chi connectivity index (χ1n) is 7.45. The van der Waals surface area contributed by atoms with Crippen molar-refractivity contribution in [1.29, 1.82) is 5.26 Å². The highest BCUT2D eigenvalue weighted by Crippen LogP contribution is 2.46. The quantitative estimate of drug-likeness (QED) is 0.794. The fourth-order valence-electron chi connectivity index (χ4n) is 3.77. The number of rotatable bonds is 4. The van der Waals surface area contributed by atoms with E-state index in [4.69, 9.17) is 4.74 Å². The van der Waals surface area contributed by atoms with E-state index in [0.29, 0.717) is 25.2 Å². The number of aromatic nitrogens is 1. The molecule has 0 radical (unpaired) electrons. The molecule has 0 aromatic carbocycles.